The fourth-order valence-electron chi connectivity index (χ4n) is 1.70. The maximum absolute atomic E-state index is 12.2. The van der Waals surface area contributed by atoms with Crippen molar-refractivity contribution in [2.24, 2.45) is 0 Å². The van der Waals surface area contributed by atoms with Crippen molar-refractivity contribution in [2.75, 3.05) is 0 Å². The lowest BCUT2D eigenvalue weighted by atomic mass is 10.3. The zero-order chi connectivity index (χ0) is 12.5. The molecule has 0 aromatic carbocycles. The highest BCUT2D eigenvalue weighted by Crippen LogP contribution is 2.13. The number of hydrogen-bond donors (Lipinski definition) is 0. The molecule has 0 aliphatic rings. The van der Waals surface area contributed by atoms with Crippen molar-refractivity contribution in [1.29, 1.82) is 0 Å². The zero-order valence-corrected chi connectivity index (χ0v) is 10.8. The molecule has 0 saturated carbocycles. The van der Waals surface area contributed by atoms with Gasteiger partial charge in [-0.3, -0.25) is 9.36 Å². The Kier molecular flexibility index (Phi) is 2.85. The van der Waals surface area contributed by atoms with E-state index in [9.17, 15) is 4.79 Å². The average molecular weight is 278 g/mol. The number of aromatic nitrogens is 3. The van der Waals surface area contributed by atoms with Gasteiger partial charge >= 0.3 is 0 Å². The molecule has 0 unspecified atom stereocenters. The number of rotatable bonds is 2. The Labute approximate surface area is 112 Å². The quantitative estimate of drug-likeness (QED) is 0.677. The van der Waals surface area contributed by atoms with E-state index >= 15 is 0 Å². The van der Waals surface area contributed by atoms with Gasteiger partial charge in [-0.05, 0) is 23.6 Å². The van der Waals surface area contributed by atoms with Crippen LogP contribution in [0.4, 0.5) is 0 Å². The number of halogens is 1. The molecule has 6 heteroatoms. The minimum Gasteiger partial charge on any atom is -0.292 e. The van der Waals surface area contributed by atoms with Crippen molar-refractivity contribution in [2.45, 2.75) is 6.54 Å². The standard InChI is InChI=1S/C12H8ClN3OS/c13-10-3-1-2-8(15-10)6-16-7-14-9-4-5-18-11(9)12(16)17/h1-5,7H,6H2. The fourth-order valence-corrected chi connectivity index (χ4v) is 2.68. The largest absolute Gasteiger partial charge is 0.292 e. The van der Waals surface area contributed by atoms with Gasteiger partial charge in [0, 0.05) is 0 Å². The van der Waals surface area contributed by atoms with Gasteiger partial charge in [0.1, 0.15) is 9.85 Å². The van der Waals surface area contributed by atoms with Crippen molar-refractivity contribution in [3.05, 3.63) is 57.2 Å². The summed E-state index contributed by atoms with van der Waals surface area (Å²) in [5.74, 6) is 0. The summed E-state index contributed by atoms with van der Waals surface area (Å²) >= 11 is 7.22. The van der Waals surface area contributed by atoms with Crippen molar-refractivity contribution in [3.63, 3.8) is 0 Å². The normalized spacial score (nSPS) is 10.9. The Balaban J connectivity index is 2.05. The third kappa shape index (κ3) is 2.02. The first-order chi connectivity index (χ1) is 8.74. The van der Waals surface area contributed by atoms with Crippen LogP contribution in [0.5, 0.6) is 0 Å². The smallest absolute Gasteiger partial charge is 0.271 e. The van der Waals surface area contributed by atoms with Crippen LogP contribution in [0, 0.1) is 0 Å². The van der Waals surface area contributed by atoms with E-state index in [4.69, 9.17) is 11.6 Å². The van der Waals surface area contributed by atoms with Gasteiger partial charge in [0.05, 0.1) is 24.1 Å². The van der Waals surface area contributed by atoms with Crippen molar-refractivity contribution >= 4 is 33.2 Å². The number of fused-ring (bicyclic) bond motifs is 1. The lowest BCUT2D eigenvalue weighted by molar-refractivity contribution is 0.731. The van der Waals surface area contributed by atoms with Crippen molar-refractivity contribution < 1.29 is 0 Å². The van der Waals surface area contributed by atoms with Crippen LogP contribution in [0.15, 0.2) is 40.8 Å². The summed E-state index contributed by atoms with van der Waals surface area (Å²) in [6, 6.07) is 7.18. The second-order valence-corrected chi connectivity index (χ2v) is 5.07. The summed E-state index contributed by atoms with van der Waals surface area (Å²) in [7, 11) is 0. The molecule has 0 N–H and O–H groups in total. The third-order valence-corrected chi connectivity index (χ3v) is 3.64. The summed E-state index contributed by atoms with van der Waals surface area (Å²) in [4.78, 5) is 20.5. The van der Waals surface area contributed by atoms with Crippen LogP contribution >= 0.6 is 22.9 Å². The Bertz CT molecular complexity index is 765. The Morgan fingerprint density at radius 1 is 1.33 bits per heavy atom. The van der Waals surface area contributed by atoms with Crippen LogP contribution in [0.1, 0.15) is 5.69 Å². The maximum atomic E-state index is 12.2. The Morgan fingerprint density at radius 2 is 2.22 bits per heavy atom. The molecule has 0 aliphatic carbocycles. The zero-order valence-electron chi connectivity index (χ0n) is 9.21. The molecule has 0 atom stereocenters. The van der Waals surface area contributed by atoms with E-state index in [-0.39, 0.29) is 5.56 Å². The molecule has 3 heterocycles. The monoisotopic (exact) mass is 277 g/mol. The predicted molar refractivity (Wildman–Crippen MR) is 72.2 cm³/mol. The average Bonchev–Trinajstić information content (AvgIpc) is 2.82. The number of hydrogen-bond acceptors (Lipinski definition) is 4. The molecule has 4 nitrogen and oxygen atoms in total. The Hall–Kier alpha value is -1.72. The van der Waals surface area contributed by atoms with Crippen molar-refractivity contribution in [3.8, 4) is 0 Å². The predicted octanol–water partition coefficient (Wildman–Crippen LogP) is 2.55. The lowest BCUT2D eigenvalue weighted by Crippen LogP contribution is -2.20. The maximum Gasteiger partial charge on any atom is 0.271 e. The first kappa shape index (κ1) is 11.4. The summed E-state index contributed by atoms with van der Waals surface area (Å²) in [5.41, 5.74) is 1.43. The Morgan fingerprint density at radius 3 is 3.06 bits per heavy atom. The molecule has 0 spiro atoms. The molecule has 0 bridgehead atoms. The molecule has 0 saturated heterocycles. The van der Waals surface area contributed by atoms with Gasteiger partial charge in [0.15, 0.2) is 0 Å². The summed E-state index contributed by atoms with van der Waals surface area (Å²) < 4.78 is 2.21. The molecular formula is C12H8ClN3OS. The van der Waals surface area contributed by atoms with Crippen LogP contribution < -0.4 is 5.56 Å². The van der Waals surface area contributed by atoms with Gasteiger partial charge in [-0.25, -0.2) is 9.97 Å². The SMILES string of the molecule is O=c1c2sccc2ncn1Cc1cccc(Cl)n1. The van der Waals surface area contributed by atoms with Gasteiger partial charge in [0.25, 0.3) is 5.56 Å². The second-order valence-electron chi connectivity index (χ2n) is 3.76. The van der Waals surface area contributed by atoms with E-state index in [2.05, 4.69) is 9.97 Å². The van der Waals surface area contributed by atoms with E-state index in [1.807, 2.05) is 23.6 Å². The molecule has 0 aliphatic heterocycles. The third-order valence-electron chi connectivity index (χ3n) is 2.54. The summed E-state index contributed by atoms with van der Waals surface area (Å²) in [6.45, 7) is 0.375. The van der Waals surface area contributed by atoms with Gasteiger partial charge in [-0.1, -0.05) is 17.7 Å². The molecule has 3 aromatic heterocycles. The summed E-state index contributed by atoms with van der Waals surface area (Å²) in [6.07, 6.45) is 1.54. The highest BCUT2D eigenvalue weighted by molar-refractivity contribution is 7.17. The highest BCUT2D eigenvalue weighted by atomic mass is 35.5. The number of nitrogens with zero attached hydrogens (tertiary/aromatic N) is 3. The van der Waals surface area contributed by atoms with E-state index in [0.717, 1.165) is 11.2 Å². The van der Waals surface area contributed by atoms with Crippen molar-refractivity contribution in [1.82, 2.24) is 14.5 Å². The van der Waals surface area contributed by atoms with E-state index in [1.165, 1.54) is 15.9 Å². The van der Waals surface area contributed by atoms with E-state index < -0.39 is 0 Å². The van der Waals surface area contributed by atoms with Gasteiger partial charge < -0.3 is 0 Å². The molecule has 3 rings (SSSR count). The second kappa shape index (κ2) is 4.51. The van der Waals surface area contributed by atoms with Crippen LogP contribution in [0.2, 0.25) is 5.15 Å². The van der Waals surface area contributed by atoms with Gasteiger partial charge in [-0.15, -0.1) is 11.3 Å². The van der Waals surface area contributed by atoms with Crippen LogP contribution in [-0.4, -0.2) is 14.5 Å². The first-order valence-corrected chi connectivity index (χ1v) is 6.54. The molecule has 18 heavy (non-hydrogen) atoms. The lowest BCUT2D eigenvalue weighted by Gasteiger charge is -2.04. The number of thiophene rings is 1. The first-order valence-electron chi connectivity index (χ1n) is 5.28. The summed E-state index contributed by atoms with van der Waals surface area (Å²) in [5, 5.41) is 2.28. The van der Waals surface area contributed by atoms with E-state index in [0.29, 0.717) is 16.4 Å². The minimum atomic E-state index is -0.0447. The fraction of sp³-hybridized carbons (Fsp3) is 0.0833. The van der Waals surface area contributed by atoms with Crippen LogP contribution in [-0.2, 0) is 6.54 Å². The molecular weight excluding hydrogens is 270 g/mol. The number of pyridine rings is 1. The molecule has 0 radical (unpaired) electrons. The van der Waals surface area contributed by atoms with Crippen LogP contribution in [0.3, 0.4) is 0 Å². The molecule has 3 aromatic rings. The molecule has 0 amide bonds. The van der Waals surface area contributed by atoms with Gasteiger partial charge in [-0.2, -0.15) is 0 Å². The van der Waals surface area contributed by atoms with Crippen LogP contribution in [0.25, 0.3) is 10.2 Å². The topological polar surface area (TPSA) is 47.8 Å². The minimum absolute atomic E-state index is 0.0447. The molecule has 90 valence electrons. The van der Waals surface area contributed by atoms with E-state index in [1.54, 1.807) is 12.4 Å². The molecule has 0 fully saturated rings. The highest BCUT2D eigenvalue weighted by Gasteiger charge is 2.06. The van der Waals surface area contributed by atoms with Gasteiger partial charge in [0.2, 0.25) is 0 Å².